The van der Waals surface area contributed by atoms with Crippen LogP contribution in [-0.2, 0) is 6.54 Å². The lowest BCUT2D eigenvalue weighted by Gasteiger charge is -2.41. The van der Waals surface area contributed by atoms with Crippen LogP contribution in [0, 0.1) is 0 Å². The predicted octanol–water partition coefficient (Wildman–Crippen LogP) is 3.53. The fourth-order valence-electron chi connectivity index (χ4n) is 3.38. The van der Waals surface area contributed by atoms with Crippen LogP contribution in [0.4, 0.5) is 0 Å². The standard InChI is InChI=1S/C21H21N3O2/c1-26-19-8-3-6-17(14-19)20-9-12-24(20)21(25)18-7-2-5-16(13-18)15-23-11-4-10-22-23/h2-8,10-11,13-14,20H,9,12,15H2,1H3. The van der Waals surface area contributed by atoms with Crippen LogP contribution in [0.25, 0.3) is 0 Å². The van der Waals surface area contributed by atoms with Crippen LogP contribution in [0.2, 0.25) is 0 Å². The summed E-state index contributed by atoms with van der Waals surface area (Å²) in [5.74, 6) is 0.898. The zero-order valence-corrected chi connectivity index (χ0v) is 14.7. The molecule has 132 valence electrons. The average Bonchev–Trinajstić information content (AvgIpc) is 3.14. The first-order chi connectivity index (χ1) is 12.7. The number of methoxy groups -OCH3 is 1. The first kappa shape index (κ1) is 16.4. The molecular weight excluding hydrogens is 326 g/mol. The summed E-state index contributed by atoms with van der Waals surface area (Å²) in [6.07, 6.45) is 4.66. The van der Waals surface area contributed by atoms with Gasteiger partial charge in [0.15, 0.2) is 0 Å². The normalized spacial score (nSPS) is 16.2. The van der Waals surface area contributed by atoms with E-state index in [0.29, 0.717) is 6.54 Å². The Morgan fingerprint density at radius 2 is 2.08 bits per heavy atom. The van der Waals surface area contributed by atoms with E-state index in [1.807, 2.05) is 64.3 Å². The lowest BCUT2D eigenvalue weighted by molar-refractivity contribution is 0.0460. The molecule has 5 heteroatoms. The number of aromatic nitrogens is 2. The van der Waals surface area contributed by atoms with Crippen molar-refractivity contribution in [3.05, 3.63) is 83.7 Å². The van der Waals surface area contributed by atoms with Crippen molar-refractivity contribution < 1.29 is 9.53 Å². The van der Waals surface area contributed by atoms with Gasteiger partial charge in [-0.05, 0) is 47.9 Å². The maximum absolute atomic E-state index is 13.0. The molecule has 0 saturated carbocycles. The molecule has 4 rings (SSSR count). The van der Waals surface area contributed by atoms with Gasteiger partial charge in [0.1, 0.15) is 5.75 Å². The van der Waals surface area contributed by atoms with Gasteiger partial charge in [0.2, 0.25) is 0 Å². The summed E-state index contributed by atoms with van der Waals surface area (Å²) in [6.45, 7) is 1.44. The molecule has 1 aliphatic heterocycles. The lowest BCUT2D eigenvalue weighted by atomic mass is 9.93. The van der Waals surface area contributed by atoms with E-state index in [4.69, 9.17) is 4.74 Å². The first-order valence-electron chi connectivity index (χ1n) is 8.76. The number of carbonyl (C=O) groups excluding carboxylic acids is 1. The molecular formula is C21H21N3O2. The van der Waals surface area contributed by atoms with Gasteiger partial charge in [0.05, 0.1) is 19.7 Å². The van der Waals surface area contributed by atoms with Crippen molar-refractivity contribution in [3.8, 4) is 5.75 Å². The van der Waals surface area contributed by atoms with Crippen LogP contribution in [0.15, 0.2) is 67.0 Å². The Morgan fingerprint density at radius 1 is 1.19 bits per heavy atom. The van der Waals surface area contributed by atoms with Gasteiger partial charge in [-0.2, -0.15) is 5.10 Å². The van der Waals surface area contributed by atoms with E-state index < -0.39 is 0 Å². The fraction of sp³-hybridized carbons (Fsp3) is 0.238. The van der Waals surface area contributed by atoms with Crippen molar-refractivity contribution in [2.24, 2.45) is 0 Å². The summed E-state index contributed by atoms with van der Waals surface area (Å²) in [5.41, 5.74) is 2.91. The number of hydrogen-bond acceptors (Lipinski definition) is 3. The number of hydrogen-bond donors (Lipinski definition) is 0. The molecule has 0 N–H and O–H groups in total. The van der Waals surface area contributed by atoms with Crippen LogP contribution in [0.1, 0.15) is 33.9 Å². The summed E-state index contributed by atoms with van der Waals surface area (Å²) in [6, 6.07) is 17.8. The van der Waals surface area contributed by atoms with Gasteiger partial charge < -0.3 is 9.64 Å². The topological polar surface area (TPSA) is 47.4 Å². The molecule has 2 heterocycles. The van der Waals surface area contributed by atoms with Crippen LogP contribution in [0.3, 0.4) is 0 Å². The summed E-state index contributed by atoms with van der Waals surface area (Å²) in [7, 11) is 1.66. The van der Waals surface area contributed by atoms with E-state index in [9.17, 15) is 4.79 Å². The number of benzene rings is 2. The molecule has 0 bridgehead atoms. The van der Waals surface area contributed by atoms with Crippen LogP contribution >= 0.6 is 0 Å². The van der Waals surface area contributed by atoms with Crippen LogP contribution < -0.4 is 4.74 Å². The smallest absolute Gasteiger partial charge is 0.254 e. The summed E-state index contributed by atoms with van der Waals surface area (Å²) in [5, 5.41) is 4.23. The Bertz CT molecular complexity index is 905. The third-order valence-electron chi connectivity index (χ3n) is 4.84. The van der Waals surface area contributed by atoms with Crippen molar-refractivity contribution in [2.75, 3.05) is 13.7 Å². The molecule has 1 aliphatic rings. The lowest BCUT2D eigenvalue weighted by Crippen LogP contribution is -2.45. The molecule has 0 radical (unpaired) electrons. The van der Waals surface area contributed by atoms with E-state index in [0.717, 1.165) is 35.4 Å². The van der Waals surface area contributed by atoms with Gasteiger partial charge in [-0.3, -0.25) is 9.48 Å². The zero-order chi connectivity index (χ0) is 17.9. The van der Waals surface area contributed by atoms with E-state index in [-0.39, 0.29) is 11.9 Å². The fourth-order valence-corrected chi connectivity index (χ4v) is 3.38. The molecule has 0 spiro atoms. The number of ether oxygens (including phenoxy) is 1. The minimum absolute atomic E-state index is 0.0754. The second kappa shape index (κ2) is 7.04. The zero-order valence-electron chi connectivity index (χ0n) is 14.7. The van der Waals surface area contributed by atoms with Gasteiger partial charge >= 0.3 is 0 Å². The summed E-state index contributed by atoms with van der Waals surface area (Å²) < 4.78 is 7.16. The third kappa shape index (κ3) is 3.20. The van der Waals surface area contributed by atoms with Crippen LogP contribution in [-0.4, -0.2) is 34.2 Å². The maximum Gasteiger partial charge on any atom is 0.254 e. The molecule has 1 fully saturated rings. The highest BCUT2D eigenvalue weighted by Gasteiger charge is 2.34. The Labute approximate surface area is 152 Å². The minimum atomic E-state index is 0.0754. The van der Waals surface area contributed by atoms with Crippen molar-refractivity contribution in [1.29, 1.82) is 0 Å². The van der Waals surface area contributed by atoms with E-state index in [1.165, 1.54) is 0 Å². The molecule has 1 atom stereocenters. The Kier molecular flexibility index (Phi) is 4.44. The molecule has 2 aromatic carbocycles. The van der Waals surface area contributed by atoms with Gasteiger partial charge in [-0.25, -0.2) is 0 Å². The third-order valence-corrected chi connectivity index (χ3v) is 4.84. The number of nitrogens with zero attached hydrogens (tertiary/aromatic N) is 3. The molecule has 0 aliphatic carbocycles. The van der Waals surface area contributed by atoms with Gasteiger partial charge in [-0.15, -0.1) is 0 Å². The average molecular weight is 347 g/mol. The quantitative estimate of drug-likeness (QED) is 0.709. The Hall–Kier alpha value is -3.08. The Balaban J connectivity index is 1.52. The molecule has 1 amide bonds. The number of likely N-dealkylation sites (tertiary alicyclic amines) is 1. The Morgan fingerprint density at radius 3 is 2.81 bits per heavy atom. The second-order valence-electron chi connectivity index (χ2n) is 6.48. The van der Waals surface area contributed by atoms with E-state index in [1.54, 1.807) is 13.3 Å². The van der Waals surface area contributed by atoms with Gasteiger partial charge in [0, 0.05) is 24.5 Å². The molecule has 1 saturated heterocycles. The maximum atomic E-state index is 13.0. The van der Waals surface area contributed by atoms with Crippen molar-refractivity contribution in [2.45, 2.75) is 19.0 Å². The largest absolute Gasteiger partial charge is 0.497 e. The van der Waals surface area contributed by atoms with Crippen molar-refractivity contribution in [1.82, 2.24) is 14.7 Å². The molecule has 1 aromatic heterocycles. The monoisotopic (exact) mass is 347 g/mol. The summed E-state index contributed by atoms with van der Waals surface area (Å²) in [4.78, 5) is 14.9. The molecule has 26 heavy (non-hydrogen) atoms. The minimum Gasteiger partial charge on any atom is -0.497 e. The van der Waals surface area contributed by atoms with Crippen molar-refractivity contribution >= 4 is 5.91 Å². The number of carbonyl (C=O) groups is 1. The first-order valence-corrected chi connectivity index (χ1v) is 8.76. The number of amides is 1. The molecule has 1 unspecified atom stereocenters. The number of rotatable bonds is 5. The van der Waals surface area contributed by atoms with Crippen molar-refractivity contribution in [3.63, 3.8) is 0 Å². The van der Waals surface area contributed by atoms with E-state index in [2.05, 4.69) is 11.2 Å². The SMILES string of the molecule is COc1cccc(C2CCN2C(=O)c2cccc(Cn3cccn3)c2)c1. The second-order valence-corrected chi connectivity index (χ2v) is 6.48. The highest BCUT2D eigenvalue weighted by atomic mass is 16.5. The van der Waals surface area contributed by atoms with Crippen LogP contribution in [0.5, 0.6) is 5.75 Å². The predicted molar refractivity (Wildman–Crippen MR) is 99.2 cm³/mol. The van der Waals surface area contributed by atoms with Gasteiger partial charge in [0.25, 0.3) is 5.91 Å². The van der Waals surface area contributed by atoms with Gasteiger partial charge in [-0.1, -0.05) is 24.3 Å². The highest BCUT2D eigenvalue weighted by Crippen LogP contribution is 2.35. The highest BCUT2D eigenvalue weighted by molar-refractivity contribution is 5.95. The molecule has 5 nitrogen and oxygen atoms in total. The molecule has 3 aromatic rings. The van der Waals surface area contributed by atoms with E-state index >= 15 is 0 Å². The summed E-state index contributed by atoms with van der Waals surface area (Å²) >= 11 is 0.